The molecule has 0 fully saturated rings. The molecule has 3 rings (SSSR count). The molecule has 0 bridgehead atoms. The van der Waals surface area contributed by atoms with Crippen molar-refractivity contribution in [2.45, 2.75) is 23.3 Å². The highest BCUT2D eigenvalue weighted by atomic mass is 35.5. The molecular formula is C15H14ClN3S2. The molecule has 3 aromatic rings. The van der Waals surface area contributed by atoms with E-state index in [2.05, 4.69) is 28.3 Å². The Labute approximate surface area is 136 Å². The monoisotopic (exact) mass is 335 g/mol. The summed E-state index contributed by atoms with van der Waals surface area (Å²) in [7, 11) is 1.84. The Bertz CT molecular complexity index is 768. The van der Waals surface area contributed by atoms with Gasteiger partial charge < -0.3 is 5.32 Å². The maximum Gasteiger partial charge on any atom is 0.224 e. The standard InChI is InChI=1S/C15H14ClN3S2/c1-3-10-8-12-13(20-10)18-15(17-2)19-14(12)21-11-6-4-9(16)5-7-11/h4-8H,3H2,1-2H3,(H,17,18,19). The van der Waals surface area contributed by atoms with E-state index in [0.717, 1.165) is 31.6 Å². The quantitative estimate of drug-likeness (QED) is 0.673. The van der Waals surface area contributed by atoms with Crippen molar-refractivity contribution in [3.8, 4) is 0 Å². The van der Waals surface area contributed by atoms with Crippen molar-refractivity contribution in [1.29, 1.82) is 0 Å². The first-order valence-electron chi connectivity index (χ1n) is 6.61. The Kier molecular flexibility index (Phi) is 4.33. The summed E-state index contributed by atoms with van der Waals surface area (Å²) in [6.07, 6.45) is 1.01. The predicted octanol–water partition coefficient (Wildman–Crippen LogP) is 5.10. The molecule has 0 saturated carbocycles. The molecule has 0 aliphatic rings. The molecule has 3 nitrogen and oxygen atoms in total. The molecule has 108 valence electrons. The molecule has 0 spiro atoms. The van der Waals surface area contributed by atoms with E-state index in [1.807, 2.05) is 31.3 Å². The summed E-state index contributed by atoms with van der Waals surface area (Å²) >= 11 is 9.30. The van der Waals surface area contributed by atoms with Crippen LogP contribution in [0.5, 0.6) is 0 Å². The second kappa shape index (κ2) is 6.22. The minimum atomic E-state index is 0.656. The first-order valence-corrected chi connectivity index (χ1v) is 8.62. The van der Waals surface area contributed by atoms with Crippen molar-refractivity contribution in [1.82, 2.24) is 9.97 Å². The molecule has 21 heavy (non-hydrogen) atoms. The summed E-state index contributed by atoms with van der Waals surface area (Å²) in [5, 5.41) is 5.87. The molecule has 0 saturated heterocycles. The maximum absolute atomic E-state index is 5.94. The summed E-state index contributed by atoms with van der Waals surface area (Å²) < 4.78 is 0. The van der Waals surface area contributed by atoms with E-state index in [1.165, 1.54) is 4.88 Å². The van der Waals surface area contributed by atoms with Crippen molar-refractivity contribution >= 4 is 50.9 Å². The summed E-state index contributed by atoms with van der Waals surface area (Å²) in [4.78, 5) is 12.6. The molecular weight excluding hydrogens is 322 g/mol. The van der Waals surface area contributed by atoms with Crippen molar-refractivity contribution in [2.75, 3.05) is 12.4 Å². The number of aryl methyl sites for hydroxylation is 1. The fourth-order valence-corrected chi connectivity index (χ4v) is 3.97. The normalized spacial score (nSPS) is 11.0. The van der Waals surface area contributed by atoms with E-state index >= 15 is 0 Å². The molecule has 0 atom stereocenters. The molecule has 0 amide bonds. The number of nitrogens with zero attached hydrogens (tertiary/aromatic N) is 2. The van der Waals surface area contributed by atoms with Crippen LogP contribution in [-0.4, -0.2) is 17.0 Å². The van der Waals surface area contributed by atoms with Gasteiger partial charge in [-0.25, -0.2) is 9.97 Å². The van der Waals surface area contributed by atoms with Crippen molar-refractivity contribution in [3.63, 3.8) is 0 Å². The van der Waals surface area contributed by atoms with Crippen LogP contribution in [0.2, 0.25) is 5.02 Å². The predicted molar refractivity (Wildman–Crippen MR) is 91.9 cm³/mol. The van der Waals surface area contributed by atoms with Crippen molar-refractivity contribution in [3.05, 3.63) is 40.2 Å². The molecule has 0 radical (unpaired) electrons. The van der Waals surface area contributed by atoms with Crippen LogP contribution in [0, 0.1) is 0 Å². The lowest BCUT2D eigenvalue weighted by molar-refractivity contribution is 1.10. The summed E-state index contributed by atoms with van der Waals surface area (Å²) in [5.74, 6) is 0.656. The maximum atomic E-state index is 5.94. The lowest BCUT2D eigenvalue weighted by Gasteiger charge is -2.05. The Morgan fingerprint density at radius 3 is 2.67 bits per heavy atom. The van der Waals surface area contributed by atoms with Crippen molar-refractivity contribution in [2.24, 2.45) is 0 Å². The van der Waals surface area contributed by atoms with E-state index in [9.17, 15) is 0 Å². The smallest absolute Gasteiger partial charge is 0.224 e. The number of thiophene rings is 1. The van der Waals surface area contributed by atoms with Gasteiger partial charge in [0.1, 0.15) is 9.86 Å². The fourth-order valence-electron chi connectivity index (χ4n) is 1.92. The largest absolute Gasteiger partial charge is 0.357 e. The minimum absolute atomic E-state index is 0.656. The van der Waals surface area contributed by atoms with Gasteiger partial charge >= 0.3 is 0 Å². The number of aromatic nitrogens is 2. The molecule has 0 unspecified atom stereocenters. The Balaban J connectivity index is 2.06. The van der Waals surface area contributed by atoms with Gasteiger partial charge in [-0.2, -0.15) is 0 Å². The fraction of sp³-hybridized carbons (Fsp3) is 0.200. The highest BCUT2D eigenvalue weighted by Crippen LogP contribution is 2.36. The SMILES string of the molecule is CCc1cc2c(Sc3ccc(Cl)cc3)nc(NC)nc2s1. The van der Waals surface area contributed by atoms with Crippen LogP contribution in [0.4, 0.5) is 5.95 Å². The number of halogens is 1. The van der Waals surface area contributed by atoms with Crippen LogP contribution in [0.1, 0.15) is 11.8 Å². The van der Waals surface area contributed by atoms with Crippen LogP contribution < -0.4 is 5.32 Å². The molecule has 2 heterocycles. The van der Waals surface area contributed by atoms with Gasteiger partial charge in [-0.15, -0.1) is 11.3 Å². The lowest BCUT2D eigenvalue weighted by atomic mass is 10.3. The summed E-state index contributed by atoms with van der Waals surface area (Å²) in [5.41, 5.74) is 0. The van der Waals surface area contributed by atoms with Crippen LogP contribution in [0.3, 0.4) is 0 Å². The number of hydrogen-bond acceptors (Lipinski definition) is 5. The molecule has 0 aliphatic heterocycles. The van der Waals surface area contributed by atoms with Gasteiger partial charge in [-0.05, 0) is 36.8 Å². The molecule has 0 aliphatic carbocycles. The zero-order valence-corrected chi connectivity index (χ0v) is 14.1. The van der Waals surface area contributed by atoms with Crippen LogP contribution in [0.15, 0.2) is 40.3 Å². The average molecular weight is 336 g/mol. The van der Waals surface area contributed by atoms with E-state index in [0.29, 0.717) is 5.95 Å². The van der Waals surface area contributed by atoms with E-state index in [1.54, 1.807) is 23.1 Å². The highest BCUT2D eigenvalue weighted by molar-refractivity contribution is 7.99. The van der Waals surface area contributed by atoms with Crippen molar-refractivity contribution < 1.29 is 0 Å². The molecule has 1 N–H and O–H groups in total. The number of rotatable bonds is 4. The molecule has 2 aromatic heterocycles. The van der Waals surface area contributed by atoms with Gasteiger partial charge in [-0.1, -0.05) is 30.3 Å². The number of fused-ring (bicyclic) bond motifs is 1. The minimum Gasteiger partial charge on any atom is -0.357 e. The average Bonchev–Trinajstić information content (AvgIpc) is 2.92. The van der Waals surface area contributed by atoms with Gasteiger partial charge in [0, 0.05) is 27.2 Å². The van der Waals surface area contributed by atoms with Gasteiger partial charge in [0.05, 0.1) is 0 Å². The van der Waals surface area contributed by atoms with E-state index in [-0.39, 0.29) is 0 Å². The zero-order valence-electron chi connectivity index (χ0n) is 11.7. The highest BCUT2D eigenvalue weighted by Gasteiger charge is 2.12. The van der Waals surface area contributed by atoms with Gasteiger partial charge in [0.25, 0.3) is 0 Å². The Morgan fingerprint density at radius 2 is 2.00 bits per heavy atom. The third kappa shape index (κ3) is 3.15. The Morgan fingerprint density at radius 1 is 1.24 bits per heavy atom. The number of hydrogen-bond donors (Lipinski definition) is 1. The topological polar surface area (TPSA) is 37.8 Å². The van der Waals surface area contributed by atoms with Gasteiger partial charge in [0.15, 0.2) is 0 Å². The zero-order chi connectivity index (χ0) is 14.8. The lowest BCUT2D eigenvalue weighted by Crippen LogP contribution is -1.96. The van der Waals surface area contributed by atoms with Crippen LogP contribution in [0.25, 0.3) is 10.2 Å². The second-order valence-electron chi connectivity index (χ2n) is 4.44. The first kappa shape index (κ1) is 14.6. The summed E-state index contributed by atoms with van der Waals surface area (Å²) in [6.45, 7) is 2.16. The van der Waals surface area contributed by atoms with E-state index < -0.39 is 0 Å². The second-order valence-corrected chi connectivity index (χ2v) is 7.06. The molecule has 6 heteroatoms. The van der Waals surface area contributed by atoms with Crippen LogP contribution in [-0.2, 0) is 6.42 Å². The van der Waals surface area contributed by atoms with E-state index in [4.69, 9.17) is 11.6 Å². The number of anilines is 1. The third-order valence-corrected chi connectivity index (χ3v) is 5.45. The van der Waals surface area contributed by atoms with Crippen LogP contribution >= 0.6 is 34.7 Å². The number of nitrogens with one attached hydrogen (secondary N) is 1. The number of benzene rings is 1. The Hall–Kier alpha value is -1.30. The first-order chi connectivity index (χ1) is 10.2. The third-order valence-electron chi connectivity index (χ3n) is 3.01. The van der Waals surface area contributed by atoms with Gasteiger partial charge in [0.2, 0.25) is 5.95 Å². The van der Waals surface area contributed by atoms with Gasteiger partial charge in [-0.3, -0.25) is 0 Å². The summed E-state index contributed by atoms with van der Waals surface area (Å²) in [6, 6.07) is 10.00. The molecule has 1 aromatic carbocycles.